The molecule has 0 aromatic carbocycles. The summed E-state index contributed by atoms with van der Waals surface area (Å²) >= 11 is 0. The van der Waals surface area contributed by atoms with Crippen LogP contribution in [0.2, 0.25) is 0 Å². The molecule has 96 valence electrons. The van der Waals surface area contributed by atoms with E-state index >= 15 is 0 Å². The van der Waals surface area contributed by atoms with E-state index in [4.69, 9.17) is 0 Å². The summed E-state index contributed by atoms with van der Waals surface area (Å²) in [5.41, 5.74) is 0.559. The zero-order chi connectivity index (χ0) is 12.6. The van der Waals surface area contributed by atoms with E-state index in [1.165, 1.54) is 25.4 Å². The molecule has 1 rings (SSSR count). The van der Waals surface area contributed by atoms with Gasteiger partial charge in [0.2, 0.25) is 0 Å². The molecule has 0 amide bonds. The lowest BCUT2D eigenvalue weighted by molar-refractivity contribution is 0.164. The van der Waals surface area contributed by atoms with Gasteiger partial charge in [-0.2, -0.15) is 0 Å². The molecule has 1 saturated carbocycles. The van der Waals surface area contributed by atoms with Gasteiger partial charge in [0.25, 0.3) is 0 Å². The molecule has 3 atom stereocenters. The number of rotatable bonds is 4. The first-order valence-electron chi connectivity index (χ1n) is 6.86. The molecule has 1 fully saturated rings. The van der Waals surface area contributed by atoms with Gasteiger partial charge in [0.1, 0.15) is 0 Å². The standard InChI is InChI=1S/C15H31P/c1-8-13-11-12(2)14(15(13,3)4)9-10-16(5,6)7/h12-14H,5,8-11H2,1-4,6-7H3. The van der Waals surface area contributed by atoms with Crippen molar-refractivity contribution in [3.8, 4) is 0 Å². The Labute approximate surface area is 103 Å². The van der Waals surface area contributed by atoms with Crippen LogP contribution in [-0.2, 0) is 0 Å². The van der Waals surface area contributed by atoms with E-state index in [1.807, 2.05) is 0 Å². The van der Waals surface area contributed by atoms with Crippen molar-refractivity contribution in [3.63, 3.8) is 0 Å². The van der Waals surface area contributed by atoms with E-state index in [1.54, 1.807) is 0 Å². The van der Waals surface area contributed by atoms with Crippen molar-refractivity contribution >= 4 is 13.2 Å². The lowest BCUT2D eigenvalue weighted by atomic mass is 9.72. The van der Waals surface area contributed by atoms with Crippen LogP contribution in [0.5, 0.6) is 0 Å². The van der Waals surface area contributed by atoms with Gasteiger partial charge in [-0.05, 0) is 55.5 Å². The van der Waals surface area contributed by atoms with Gasteiger partial charge in [-0.15, -0.1) is 13.2 Å². The molecule has 1 aliphatic rings. The molecule has 0 nitrogen and oxygen atoms in total. The van der Waals surface area contributed by atoms with Gasteiger partial charge in [-0.1, -0.05) is 34.1 Å². The van der Waals surface area contributed by atoms with Crippen molar-refractivity contribution in [1.82, 2.24) is 0 Å². The Morgan fingerprint density at radius 1 is 1.31 bits per heavy atom. The first-order valence-corrected chi connectivity index (χ1v) is 9.91. The van der Waals surface area contributed by atoms with Gasteiger partial charge in [-0.3, -0.25) is 0 Å². The van der Waals surface area contributed by atoms with E-state index in [9.17, 15) is 0 Å². The van der Waals surface area contributed by atoms with E-state index in [-0.39, 0.29) is 0 Å². The molecule has 0 aromatic heterocycles. The van der Waals surface area contributed by atoms with Gasteiger partial charge >= 0.3 is 0 Å². The Hall–Kier alpha value is 0.300. The van der Waals surface area contributed by atoms with Crippen LogP contribution in [0.4, 0.5) is 0 Å². The second-order valence-electron chi connectivity index (χ2n) is 7.19. The second kappa shape index (κ2) is 4.89. The maximum Gasteiger partial charge on any atom is -0.0295 e. The molecule has 3 unspecified atom stereocenters. The van der Waals surface area contributed by atoms with Crippen molar-refractivity contribution in [2.45, 2.75) is 47.0 Å². The minimum Gasteiger partial charge on any atom is -0.118 e. The van der Waals surface area contributed by atoms with Gasteiger partial charge in [-0.25, -0.2) is 0 Å². The quantitative estimate of drug-likeness (QED) is 0.621. The molecule has 1 heteroatoms. The van der Waals surface area contributed by atoms with E-state index in [0.717, 1.165) is 17.8 Å². The molecular formula is C15H31P. The van der Waals surface area contributed by atoms with Gasteiger partial charge in [0, 0.05) is 0 Å². The van der Waals surface area contributed by atoms with Crippen LogP contribution in [0.15, 0.2) is 0 Å². The highest BCUT2D eigenvalue weighted by Gasteiger charge is 2.45. The predicted octanol–water partition coefficient (Wildman–Crippen LogP) is 4.79. The normalized spacial score (nSPS) is 34.2. The van der Waals surface area contributed by atoms with Crippen molar-refractivity contribution in [2.24, 2.45) is 23.2 Å². The molecule has 0 heterocycles. The molecule has 0 N–H and O–H groups in total. The summed E-state index contributed by atoms with van der Waals surface area (Å²) in [5, 5.41) is 0. The zero-order valence-corrected chi connectivity index (χ0v) is 13.1. The average molecular weight is 242 g/mol. The van der Waals surface area contributed by atoms with Crippen LogP contribution >= 0.6 is 6.89 Å². The van der Waals surface area contributed by atoms with Gasteiger partial charge in [0.05, 0.1) is 0 Å². The predicted molar refractivity (Wildman–Crippen MR) is 80.2 cm³/mol. The topological polar surface area (TPSA) is 0 Å². The summed E-state index contributed by atoms with van der Waals surface area (Å²) in [7, 11) is 0. The number of hydrogen-bond donors (Lipinski definition) is 0. The SMILES string of the molecule is C=P(C)(C)CCC1C(C)CC(CC)C1(C)C. The average Bonchev–Trinajstić information content (AvgIpc) is 2.32. The van der Waals surface area contributed by atoms with Gasteiger partial charge < -0.3 is 0 Å². The monoisotopic (exact) mass is 242 g/mol. The van der Waals surface area contributed by atoms with Crippen LogP contribution < -0.4 is 0 Å². The minimum absolute atomic E-state index is 0.559. The molecule has 0 spiro atoms. The lowest BCUT2D eigenvalue weighted by Crippen LogP contribution is -2.27. The summed E-state index contributed by atoms with van der Waals surface area (Å²) in [6.45, 7) is 13.8. The summed E-state index contributed by atoms with van der Waals surface area (Å²) < 4.78 is 0. The Bertz CT molecular complexity index is 271. The third kappa shape index (κ3) is 3.16. The molecular weight excluding hydrogens is 211 g/mol. The first kappa shape index (κ1) is 14.4. The van der Waals surface area contributed by atoms with Crippen LogP contribution in [-0.4, -0.2) is 25.8 Å². The Balaban J connectivity index is 2.69. The van der Waals surface area contributed by atoms with Crippen molar-refractivity contribution < 1.29 is 0 Å². The van der Waals surface area contributed by atoms with Crippen LogP contribution in [0.25, 0.3) is 0 Å². The Morgan fingerprint density at radius 2 is 1.88 bits per heavy atom. The Morgan fingerprint density at radius 3 is 2.25 bits per heavy atom. The lowest BCUT2D eigenvalue weighted by Gasteiger charge is -2.34. The third-order valence-electron chi connectivity index (χ3n) is 4.89. The van der Waals surface area contributed by atoms with Crippen molar-refractivity contribution in [2.75, 3.05) is 19.5 Å². The number of hydrogen-bond acceptors (Lipinski definition) is 0. The highest BCUT2D eigenvalue weighted by Crippen LogP contribution is 2.54. The fourth-order valence-corrected chi connectivity index (χ4v) is 4.77. The molecule has 0 aliphatic heterocycles. The summed E-state index contributed by atoms with van der Waals surface area (Å²) in [4.78, 5) is 0. The van der Waals surface area contributed by atoms with E-state index in [2.05, 4.69) is 47.3 Å². The fraction of sp³-hybridized carbons (Fsp3) is 0.933. The highest BCUT2D eigenvalue weighted by molar-refractivity contribution is 7.72. The van der Waals surface area contributed by atoms with Crippen molar-refractivity contribution in [3.05, 3.63) is 0 Å². The minimum atomic E-state index is -0.829. The summed E-state index contributed by atoms with van der Waals surface area (Å²) in [6, 6.07) is 0. The molecule has 0 radical (unpaired) electrons. The smallest absolute Gasteiger partial charge is 0.0295 e. The van der Waals surface area contributed by atoms with Crippen LogP contribution in [0.1, 0.15) is 47.0 Å². The summed E-state index contributed by atoms with van der Waals surface area (Å²) in [5.74, 6) is 2.80. The largest absolute Gasteiger partial charge is 0.118 e. The summed E-state index contributed by atoms with van der Waals surface area (Å²) in [6.07, 6.45) is 9.95. The fourth-order valence-electron chi connectivity index (χ4n) is 3.79. The van der Waals surface area contributed by atoms with Crippen LogP contribution in [0, 0.1) is 23.2 Å². The van der Waals surface area contributed by atoms with Gasteiger partial charge in [0.15, 0.2) is 0 Å². The molecule has 16 heavy (non-hydrogen) atoms. The first-order chi connectivity index (χ1) is 7.18. The van der Waals surface area contributed by atoms with Crippen LogP contribution in [0.3, 0.4) is 0 Å². The Kier molecular flexibility index (Phi) is 4.39. The molecule has 1 aliphatic carbocycles. The molecule has 0 aromatic rings. The van der Waals surface area contributed by atoms with Crippen molar-refractivity contribution in [1.29, 1.82) is 0 Å². The zero-order valence-electron chi connectivity index (χ0n) is 12.2. The second-order valence-corrected chi connectivity index (χ2v) is 11.5. The third-order valence-corrected chi connectivity index (χ3v) is 6.36. The molecule has 0 bridgehead atoms. The molecule has 0 saturated heterocycles. The maximum absolute atomic E-state index is 4.35. The van der Waals surface area contributed by atoms with E-state index in [0.29, 0.717) is 5.41 Å². The highest BCUT2D eigenvalue weighted by atomic mass is 31.2. The maximum atomic E-state index is 4.35. The van der Waals surface area contributed by atoms with E-state index < -0.39 is 6.89 Å².